The van der Waals surface area contributed by atoms with Gasteiger partial charge >= 0.3 is 0 Å². The Labute approximate surface area is 169 Å². The smallest absolute Gasteiger partial charge is 0.269 e. The molecule has 8 nitrogen and oxygen atoms in total. The molecule has 0 atom stereocenters. The molecule has 2 rings (SSSR count). The van der Waals surface area contributed by atoms with E-state index in [1.54, 1.807) is 24.3 Å². The number of nitro groups is 1. The van der Waals surface area contributed by atoms with E-state index in [9.17, 15) is 14.9 Å². The van der Waals surface area contributed by atoms with Crippen molar-refractivity contribution in [2.75, 3.05) is 0 Å². The van der Waals surface area contributed by atoms with Crippen molar-refractivity contribution in [1.82, 2.24) is 5.43 Å². The van der Waals surface area contributed by atoms with Gasteiger partial charge in [0.25, 0.3) is 5.69 Å². The first-order valence-electron chi connectivity index (χ1n) is 9.27. The summed E-state index contributed by atoms with van der Waals surface area (Å²) in [4.78, 5) is 22.2. The second-order valence-electron chi connectivity index (χ2n) is 6.93. The van der Waals surface area contributed by atoms with Crippen molar-refractivity contribution >= 4 is 17.8 Å². The molecule has 2 aromatic carbocycles. The Morgan fingerprint density at radius 1 is 1.10 bits per heavy atom. The van der Waals surface area contributed by atoms with Crippen LogP contribution in [0.15, 0.2) is 47.6 Å². The highest BCUT2D eigenvalue weighted by Crippen LogP contribution is 2.25. The number of carbonyl (C=O) groups excluding carboxylic acids is 1. The molecule has 1 N–H and O–H groups in total. The number of carbonyl (C=O) groups is 1. The van der Waals surface area contributed by atoms with Crippen LogP contribution in [0.25, 0.3) is 0 Å². The van der Waals surface area contributed by atoms with Gasteiger partial charge in [0.1, 0.15) is 11.5 Å². The molecule has 1 amide bonds. The number of hydrogen-bond acceptors (Lipinski definition) is 6. The molecule has 0 aliphatic heterocycles. The maximum Gasteiger partial charge on any atom is 0.269 e. The highest BCUT2D eigenvalue weighted by atomic mass is 16.6. The highest BCUT2D eigenvalue weighted by molar-refractivity contribution is 5.86. The number of nitrogens with one attached hydrogen (secondary N) is 1. The molecule has 0 aliphatic rings. The molecule has 154 valence electrons. The molecule has 0 fully saturated rings. The molecular formula is C21H25N3O5. The standard InChI is InChI=1S/C21H25N3O5/c1-14(2)28-19-10-7-17(20(12-19)29-15(3)4)13-22-23-21(25)11-16-5-8-18(9-6-16)24(26)27/h5-10,12-15H,11H2,1-4H3,(H,23,25)/b22-13-. The second-order valence-corrected chi connectivity index (χ2v) is 6.93. The Kier molecular flexibility index (Phi) is 7.70. The van der Waals surface area contributed by atoms with Crippen molar-refractivity contribution in [2.45, 2.75) is 46.3 Å². The topological polar surface area (TPSA) is 103 Å². The van der Waals surface area contributed by atoms with Crippen LogP contribution in [0.1, 0.15) is 38.8 Å². The van der Waals surface area contributed by atoms with Gasteiger partial charge in [0.2, 0.25) is 5.91 Å². The molecule has 0 spiro atoms. The van der Waals surface area contributed by atoms with Crippen LogP contribution in [0.5, 0.6) is 11.5 Å². The Morgan fingerprint density at radius 3 is 2.34 bits per heavy atom. The van der Waals surface area contributed by atoms with Crippen molar-refractivity contribution in [3.05, 3.63) is 63.7 Å². The largest absolute Gasteiger partial charge is 0.491 e. The van der Waals surface area contributed by atoms with Gasteiger partial charge in [-0.3, -0.25) is 14.9 Å². The van der Waals surface area contributed by atoms with Gasteiger partial charge in [-0.1, -0.05) is 12.1 Å². The first-order chi connectivity index (χ1) is 13.7. The predicted octanol–water partition coefficient (Wildman–Crippen LogP) is 3.86. The first-order valence-corrected chi connectivity index (χ1v) is 9.27. The molecule has 29 heavy (non-hydrogen) atoms. The van der Waals surface area contributed by atoms with E-state index in [1.165, 1.54) is 18.3 Å². The van der Waals surface area contributed by atoms with Crippen molar-refractivity contribution in [1.29, 1.82) is 0 Å². The quantitative estimate of drug-likeness (QED) is 0.392. The van der Waals surface area contributed by atoms with Crippen LogP contribution in [-0.4, -0.2) is 29.3 Å². The van der Waals surface area contributed by atoms with Gasteiger partial charge in [0.05, 0.1) is 29.8 Å². The number of non-ortho nitro benzene ring substituents is 1. The lowest BCUT2D eigenvalue weighted by Gasteiger charge is -2.15. The fourth-order valence-electron chi connectivity index (χ4n) is 2.46. The highest BCUT2D eigenvalue weighted by Gasteiger charge is 2.09. The number of hydrazone groups is 1. The summed E-state index contributed by atoms with van der Waals surface area (Å²) >= 11 is 0. The number of nitrogens with zero attached hydrogens (tertiary/aromatic N) is 2. The van der Waals surface area contributed by atoms with E-state index in [1.807, 2.05) is 33.8 Å². The SMILES string of the molecule is CC(C)Oc1ccc(/C=N\NC(=O)Cc2ccc([N+](=O)[O-])cc2)c(OC(C)C)c1. The van der Waals surface area contributed by atoms with Crippen LogP contribution in [-0.2, 0) is 11.2 Å². The molecule has 0 heterocycles. The van der Waals surface area contributed by atoms with Crippen LogP contribution in [0.4, 0.5) is 5.69 Å². The summed E-state index contributed by atoms with van der Waals surface area (Å²) in [6.45, 7) is 7.73. The lowest BCUT2D eigenvalue weighted by molar-refractivity contribution is -0.384. The lowest BCUT2D eigenvalue weighted by Crippen LogP contribution is -2.19. The number of nitro benzene ring substituents is 1. The summed E-state index contributed by atoms with van der Waals surface area (Å²) in [5.74, 6) is 0.961. The third-order valence-corrected chi connectivity index (χ3v) is 3.62. The number of ether oxygens (including phenoxy) is 2. The van der Waals surface area contributed by atoms with Crippen LogP contribution in [0, 0.1) is 10.1 Å². The van der Waals surface area contributed by atoms with E-state index in [4.69, 9.17) is 9.47 Å². The summed E-state index contributed by atoms with van der Waals surface area (Å²) in [6.07, 6.45) is 1.57. The normalized spacial score (nSPS) is 11.1. The molecule has 2 aromatic rings. The minimum Gasteiger partial charge on any atom is -0.491 e. The van der Waals surface area contributed by atoms with Crippen LogP contribution in [0.3, 0.4) is 0 Å². The molecule has 0 saturated heterocycles. The van der Waals surface area contributed by atoms with Gasteiger partial charge in [-0.15, -0.1) is 0 Å². The third-order valence-electron chi connectivity index (χ3n) is 3.62. The van der Waals surface area contributed by atoms with E-state index in [2.05, 4.69) is 10.5 Å². The minimum atomic E-state index is -0.484. The van der Waals surface area contributed by atoms with Crippen molar-refractivity contribution in [3.8, 4) is 11.5 Å². The fourth-order valence-corrected chi connectivity index (χ4v) is 2.46. The molecule has 8 heteroatoms. The molecular weight excluding hydrogens is 374 g/mol. The lowest BCUT2D eigenvalue weighted by atomic mass is 10.1. The molecule has 0 unspecified atom stereocenters. The van der Waals surface area contributed by atoms with Gasteiger partial charge in [-0.25, -0.2) is 5.43 Å². The second kappa shape index (κ2) is 10.2. The first kappa shape index (κ1) is 21.9. The summed E-state index contributed by atoms with van der Waals surface area (Å²) in [7, 11) is 0. The van der Waals surface area contributed by atoms with Gasteiger partial charge in [-0.05, 0) is 45.4 Å². The molecule has 0 radical (unpaired) electrons. The third kappa shape index (κ3) is 7.25. The summed E-state index contributed by atoms with van der Waals surface area (Å²) < 4.78 is 11.5. The van der Waals surface area contributed by atoms with E-state index in [0.717, 1.165) is 0 Å². The average molecular weight is 399 g/mol. The molecule has 0 saturated carbocycles. The number of hydrogen-bond donors (Lipinski definition) is 1. The van der Waals surface area contributed by atoms with Crippen molar-refractivity contribution < 1.29 is 19.2 Å². The van der Waals surface area contributed by atoms with E-state index in [0.29, 0.717) is 22.6 Å². The maximum absolute atomic E-state index is 12.0. The zero-order valence-corrected chi connectivity index (χ0v) is 16.9. The minimum absolute atomic E-state index is 0.0187. The Morgan fingerprint density at radius 2 is 1.76 bits per heavy atom. The number of rotatable bonds is 9. The summed E-state index contributed by atoms with van der Waals surface area (Å²) in [5, 5.41) is 14.7. The fraction of sp³-hybridized carbons (Fsp3) is 0.333. The zero-order chi connectivity index (χ0) is 21.4. The van der Waals surface area contributed by atoms with Crippen molar-refractivity contribution in [3.63, 3.8) is 0 Å². The van der Waals surface area contributed by atoms with E-state index >= 15 is 0 Å². The molecule has 0 bridgehead atoms. The van der Waals surface area contributed by atoms with Gasteiger partial charge in [0.15, 0.2) is 0 Å². The molecule has 0 aromatic heterocycles. The van der Waals surface area contributed by atoms with Crippen LogP contribution in [0.2, 0.25) is 0 Å². The zero-order valence-electron chi connectivity index (χ0n) is 16.9. The van der Waals surface area contributed by atoms with Crippen molar-refractivity contribution in [2.24, 2.45) is 5.10 Å². The monoisotopic (exact) mass is 399 g/mol. The Balaban J connectivity index is 2.02. The Bertz CT molecular complexity index is 876. The van der Waals surface area contributed by atoms with Gasteiger partial charge in [0, 0.05) is 23.8 Å². The summed E-state index contributed by atoms with van der Waals surface area (Å²) in [5.41, 5.74) is 3.79. The maximum atomic E-state index is 12.0. The van der Waals surface area contributed by atoms with Crippen LogP contribution < -0.4 is 14.9 Å². The molecule has 0 aliphatic carbocycles. The van der Waals surface area contributed by atoms with E-state index in [-0.39, 0.29) is 30.2 Å². The van der Waals surface area contributed by atoms with Gasteiger partial charge < -0.3 is 9.47 Å². The number of amides is 1. The van der Waals surface area contributed by atoms with Crippen LogP contribution >= 0.6 is 0 Å². The number of benzene rings is 2. The average Bonchev–Trinajstić information content (AvgIpc) is 2.63. The van der Waals surface area contributed by atoms with E-state index < -0.39 is 4.92 Å². The summed E-state index contributed by atoms with van der Waals surface area (Å²) in [6, 6.07) is 11.2. The van der Waals surface area contributed by atoms with Gasteiger partial charge in [-0.2, -0.15) is 5.10 Å². The predicted molar refractivity (Wildman–Crippen MR) is 111 cm³/mol. The Hall–Kier alpha value is -3.42.